The smallest absolute Gasteiger partial charge is 0.237 e. The van der Waals surface area contributed by atoms with Gasteiger partial charge in [0, 0.05) is 35.4 Å². The minimum absolute atomic E-state index is 0.00877. The fourth-order valence-electron chi connectivity index (χ4n) is 1.52. The predicted molar refractivity (Wildman–Crippen MR) is 69.1 cm³/mol. The van der Waals surface area contributed by atoms with Crippen molar-refractivity contribution in [2.75, 3.05) is 11.4 Å². The minimum Gasteiger partial charge on any atom is -0.287 e. The van der Waals surface area contributed by atoms with Gasteiger partial charge in [-0.15, -0.1) is 0 Å². The molecule has 1 aliphatic rings. The molecule has 1 aliphatic heterocycles. The summed E-state index contributed by atoms with van der Waals surface area (Å²) in [5, 5.41) is 9.90. The van der Waals surface area contributed by atoms with E-state index < -0.39 is 14.3 Å². The summed E-state index contributed by atoms with van der Waals surface area (Å²) in [5.74, 6) is -0.327. The van der Waals surface area contributed by atoms with Gasteiger partial charge in [0.2, 0.25) is 15.0 Å². The van der Waals surface area contributed by atoms with Gasteiger partial charge in [-0.05, 0) is 0 Å². The maximum absolute atomic E-state index is 11.7. The molecule has 2 rings (SSSR count). The molecule has 0 radical (unpaired) electrons. The van der Waals surface area contributed by atoms with Crippen molar-refractivity contribution in [2.24, 2.45) is 0 Å². The molecule has 0 saturated carbocycles. The molecule has 1 amide bonds. The topological polar surface area (TPSA) is 91.1 Å². The minimum atomic E-state index is -3.75. The summed E-state index contributed by atoms with van der Waals surface area (Å²) >= 11 is 2.11. The van der Waals surface area contributed by atoms with E-state index in [-0.39, 0.29) is 18.9 Å². The van der Waals surface area contributed by atoms with E-state index in [1.165, 1.54) is 22.4 Å². The number of hydrogen-bond donors (Lipinski definition) is 0. The van der Waals surface area contributed by atoms with Crippen molar-refractivity contribution in [3.8, 4) is 5.40 Å². The number of anilines is 1. The van der Waals surface area contributed by atoms with E-state index in [2.05, 4.69) is 4.98 Å². The highest BCUT2D eigenvalue weighted by Gasteiger charge is 2.39. The van der Waals surface area contributed by atoms with Crippen molar-refractivity contribution < 1.29 is 13.2 Å². The molecule has 1 saturated heterocycles. The van der Waals surface area contributed by atoms with Crippen LogP contribution in [0.25, 0.3) is 0 Å². The lowest BCUT2D eigenvalue weighted by Gasteiger charge is -2.11. The van der Waals surface area contributed by atoms with Crippen LogP contribution < -0.4 is 4.90 Å². The number of aromatic nitrogens is 1. The summed E-state index contributed by atoms with van der Waals surface area (Å²) in [4.78, 5) is 17.0. The number of nitriles is 1. The summed E-state index contributed by atoms with van der Waals surface area (Å²) in [6.45, 7) is 0.00877. The lowest BCUT2D eigenvalue weighted by Crippen LogP contribution is -2.26. The van der Waals surface area contributed by atoms with Crippen molar-refractivity contribution in [1.82, 2.24) is 4.98 Å². The van der Waals surface area contributed by atoms with E-state index in [0.29, 0.717) is 9.34 Å². The molecule has 0 aliphatic carbocycles. The Morgan fingerprint density at radius 3 is 2.94 bits per heavy atom. The molecule has 10 heteroatoms. The maximum Gasteiger partial charge on any atom is 0.237 e. The van der Waals surface area contributed by atoms with Crippen molar-refractivity contribution in [3.63, 3.8) is 0 Å². The van der Waals surface area contributed by atoms with Crippen LogP contribution in [0.15, 0.2) is 10.4 Å². The highest BCUT2D eigenvalue weighted by molar-refractivity contribution is 8.14. The quantitative estimate of drug-likeness (QED) is 0.474. The van der Waals surface area contributed by atoms with Gasteiger partial charge in [-0.3, -0.25) is 9.69 Å². The van der Waals surface area contributed by atoms with Crippen molar-refractivity contribution in [2.45, 2.75) is 15.9 Å². The van der Waals surface area contributed by atoms with Crippen LogP contribution in [0.2, 0.25) is 0 Å². The second kappa shape index (κ2) is 5.05. The Bertz CT molecular complexity index is 621. The Kier molecular flexibility index (Phi) is 3.82. The molecule has 1 fully saturated rings. The molecule has 1 aromatic rings. The number of thioether (sulfide) groups is 1. The number of carbonyl (C=O) groups excluding carboxylic acids is 1. The molecule has 0 aromatic carbocycles. The van der Waals surface area contributed by atoms with Gasteiger partial charge in [-0.2, -0.15) is 5.26 Å². The number of halogens is 1. The average molecular weight is 324 g/mol. The number of amides is 1. The maximum atomic E-state index is 11.7. The van der Waals surface area contributed by atoms with Gasteiger partial charge in [-0.1, -0.05) is 11.3 Å². The van der Waals surface area contributed by atoms with Crippen LogP contribution in [0.5, 0.6) is 0 Å². The van der Waals surface area contributed by atoms with Gasteiger partial charge in [0.05, 0.1) is 10.4 Å². The normalized spacial score (nSPS) is 20.1. The van der Waals surface area contributed by atoms with Crippen LogP contribution in [-0.2, 0) is 13.8 Å². The first-order valence-electron chi connectivity index (χ1n) is 4.67. The number of rotatable bonds is 3. The highest BCUT2D eigenvalue weighted by Crippen LogP contribution is 2.33. The van der Waals surface area contributed by atoms with Gasteiger partial charge in [0.25, 0.3) is 0 Å². The second-order valence-corrected chi connectivity index (χ2v) is 8.46. The van der Waals surface area contributed by atoms with E-state index >= 15 is 0 Å². The summed E-state index contributed by atoms with van der Waals surface area (Å²) in [6, 6.07) is 0. The van der Waals surface area contributed by atoms with E-state index in [0.717, 1.165) is 11.8 Å². The zero-order chi connectivity index (χ0) is 13.3. The second-order valence-electron chi connectivity index (χ2n) is 3.46. The molecule has 0 N–H and O–H groups in total. The Labute approximate surface area is 116 Å². The van der Waals surface area contributed by atoms with Gasteiger partial charge < -0.3 is 0 Å². The van der Waals surface area contributed by atoms with Crippen LogP contribution in [0.4, 0.5) is 5.13 Å². The molecule has 1 aromatic heterocycles. The summed E-state index contributed by atoms with van der Waals surface area (Å²) in [7, 11) is 1.49. The molecule has 2 heterocycles. The summed E-state index contributed by atoms with van der Waals surface area (Å²) < 4.78 is 23.0. The van der Waals surface area contributed by atoms with E-state index in [9.17, 15) is 13.2 Å². The van der Waals surface area contributed by atoms with Crippen molar-refractivity contribution in [1.29, 1.82) is 5.26 Å². The summed E-state index contributed by atoms with van der Waals surface area (Å²) in [5.41, 5.74) is 0. The molecule has 18 heavy (non-hydrogen) atoms. The van der Waals surface area contributed by atoms with Crippen LogP contribution >= 0.6 is 33.8 Å². The third-order valence-electron chi connectivity index (χ3n) is 2.34. The third-order valence-corrected chi connectivity index (χ3v) is 5.92. The van der Waals surface area contributed by atoms with Crippen LogP contribution in [0.1, 0.15) is 6.42 Å². The van der Waals surface area contributed by atoms with E-state index in [4.69, 9.17) is 15.9 Å². The molecule has 96 valence electrons. The lowest BCUT2D eigenvalue weighted by atomic mass is 10.4. The first-order valence-corrected chi connectivity index (χ1v) is 8.68. The SMILES string of the molecule is N#CSc1cnc(N2CC(S(=O)(=O)Cl)CC2=O)s1. The number of hydrogen-bond acceptors (Lipinski definition) is 7. The zero-order valence-electron chi connectivity index (χ0n) is 8.74. The van der Waals surface area contributed by atoms with Crippen LogP contribution in [0, 0.1) is 10.7 Å². The number of thiocyanates is 1. The van der Waals surface area contributed by atoms with Gasteiger partial charge in [-0.25, -0.2) is 13.4 Å². The largest absolute Gasteiger partial charge is 0.287 e. The van der Waals surface area contributed by atoms with Crippen molar-refractivity contribution >= 4 is 53.9 Å². The molecule has 1 unspecified atom stereocenters. The Morgan fingerprint density at radius 2 is 2.39 bits per heavy atom. The number of carbonyl (C=O) groups is 1. The fraction of sp³-hybridized carbons (Fsp3) is 0.375. The van der Waals surface area contributed by atoms with Gasteiger partial charge >= 0.3 is 0 Å². The molecule has 6 nitrogen and oxygen atoms in total. The lowest BCUT2D eigenvalue weighted by molar-refractivity contribution is -0.117. The molecular formula is C8H6ClN3O3S3. The fourth-order valence-corrected chi connectivity index (χ4v) is 3.92. The monoisotopic (exact) mass is 323 g/mol. The Hall–Kier alpha value is -0.820. The summed E-state index contributed by atoms with van der Waals surface area (Å²) in [6.07, 6.45) is 1.34. The first kappa shape index (κ1) is 13.6. The van der Waals surface area contributed by atoms with Crippen LogP contribution in [-0.4, -0.2) is 31.1 Å². The van der Waals surface area contributed by atoms with Crippen molar-refractivity contribution in [3.05, 3.63) is 6.20 Å². The molecular weight excluding hydrogens is 318 g/mol. The van der Waals surface area contributed by atoms with E-state index in [1.54, 1.807) is 0 Å². The van der Waals surface area contributed by atoms with Gasteiger partial charge in [0.15, 0.2) is 5.13 Å². The zero-order valence-corrected chi connectivity index (χ0v) is 11.9. The standard InChI is InChI=1S/C8H6ClN3O3S3/c9-18(14,15)5-1-6(13)12(3-5)8-11-2-7(17-8)16-4-10/h2,5H,1,3H2. The first-order chi connectivity index (χ1) is 8.41. The average Bonchev–Trinajstić information content (AvgIpc) is 2.84. The molecule has 0 spiro atoms. The van der Waals surface area contributed by atoms with Crippen LogP contribution in [0.3, 0.4) is 0 Å². The highest BCUT2D eigenvalue weighted by atomic mass is 35.7. The Balaban J connectivity index is 2.19. The number of thiazole rings is 1. The Morgan fingerprint density at radius 1 is 1.67 bits per heavy atom. The number of nitrogens with zero attached hydrogens (tertiary/aromatic N) is 3. The van der Waals surface area contributed by atoms with Gasteiger partial charge in [0.1, 0.15) is 10.7 Å². The predicted octanol–water partition coefficient (Wildman–Crippen LogP) is 1.39. The molecule has 1 atom stereocenters. The molecule has 0 bridgehead atoms. The third kappa shape index (κ3) is 2.77. The van der Waals surface area contributed by atoms with E-state index in [1.807, 2.05) is 5.40 Å².